The van der Waals surface area contributed by atoms with Gasteiger partial charge in [0.1, 0.15) is 0 Å². The Morgan fingerprint density at radius 3 is 2.62 bits per heavy atom. The summed E-state index contributed by atoms with van der Waals surface area (Å²) in [5.41, 5.74) is 3.68. The summed E-state index contributed by atoms with van der Waals surface area (Å²) in [6.45, 7) is 0. The molecule has 1 N–H and O–H groups in total. The highest BCUT2D eigenvalue weighted by molar-refractivity contribution is 7.99. The number of halogens is 1. The van der Waals surface area contributed by atoms with Crippen LogP contribution in [0.3, 0.4) is 0 Å². The summed E-state index contributed by atoms with van der Waals surface area (Å²) in [6, 6.07) is 15.1. The molecule has 0 saturated carbocycles. The minimum Gasteiger partial charge on any atom is -0.378 e. The van der Waals surface area contributed by atoms with Gasteiger partial charge in [-0.25, -0.2) is 0 Å². The molecule has 1 heterocycles. The fraction of sp³-hybridized carbons (Fsp3) is 0.294. The summed E-state index contributed by atoms with van der Waals surface area (Å²) < 4.78 is 0. The maximum atomic E-state index is 6.16. The Hall–Kier alpha value is -1.32. The van der Waals surface area contributed by atoms with Crippen LogP contribution in [0.25, 0.3) is 0 Å². The fourth-order valence-corrected chi connectivity index (χ4v) is 3.86. The molecule has 0 aromatic heterocycles. The van der Waals surface area contributed by atoms with Crippen molar-refractivity contribution >= 4 is 34.7 Å². The third-order valence-electron chi connectivity index (χ3n) is 3.74. The minimum atomic E-state index is 0.338. The molecule has 110 valence electrons. The summed E-state index contributed by atoms with van der Waals surface area (Å²) in [7, 11) is 4.11. The molecule has 0 saturated heterocycles. The van der Waals surface area contributed by atoms with E-state index in [1.165, 1.54) is 16.1 Å². The second kappa shape index (κ2) is 6.20. The van der Waals surface area contributed by atoms with Crippen LogP contribution in [0.2, 0.25) is 5.02 Å². The molecule has 1 unspecified atom stereocenters. The third kappa shape index (κ3) is 3.30. The van der Waals surface area contributed by atoms with E-state index in [2.05, 4.69) is 60.7 Å². The lowest BCUT2D eigenvalue weighted by Crippen LogP contribution is -2.16. The van der Waals surface area contributed by atoms with Crippen molar-refractivity contribution < 1.29 is 0 Å². The van der Waals surface area contributed by atoms with Gasteiger partial charge in [-0.2, -0.15) is 0 Å². The monoisotopic (exact) mass is 318 g/mol. The lowest BCUT2D eigenvalue weighted by molar-refractivity contribution is 0.729. The fourth-order valence-electron chi connectivity index (χ4n) is 2.57. The lowest BCUT2D eigenvalue weighted by Gasteiger charge is -2.27. The van der Waals surface area contributed by atoms with Gasteiger partial charge in [-0.05, 0) is 54.4 Å². The standard InChI is InChI=1S/C17H19ClN2S/c1-20(2)14-6-4-13(5-7-14)19-16-9-10-21-17-8-3-12(18)11-15(16)17/h3-8,11,16,19H,9-10H2,1-2H3. The smallest absolute Gasteiger partial charge is 0.0533 e. The highest BCUT2D eigenvalue weighted by Gasteiger charge is 2.20. The van der Waals surface area contributed by atoms with E-state index in [0.717, 1.165) is 22.9 Å². The van der Waals surface area contributed by atoms with Crippen molar-refractivity contribution in [1.82, 2.24) is 0 Å². The van der Waals surface area contributed by atoms with Crippen molar-refractivity contribution in [2.45, 2.75) is 17.4 Å². The van der Waals surface area contributed by atoms with E-state index in [4.69, 9.17) is 11.6 Å². The highest BCUT2D eigenvalue weighted by atomic mass is 35.5. The first-order chi connectivity index (χ1) is 10.1. The van der Waals surface area contributed by atoms with E-state index in [0.29, 0.717) is 6.04 Å². The van der Waals surface area contributed by atoms with Gasteiger partial charge >= 0.3 is 0 Å². The summed E-state index contributed by atoms with van der Waals surface area (Å²) in [6.07, 6.45) is 1.12. The Morgan fingerprint density at radius 1 is 1.14 bits per heavy atom. The Kier molecular flexibility index (Phi) is 4.32. The first-order valence-corrected chi connectivity index (χ1v) is 8.46. The molecule has 0 aliphatic carbocycles. The quantitative estimate of drug-likeness (QED) is 0.852. The number of nitrogens with one attached hydrogen (secondary N) is 1. The number of hydrogen-bond donors (Lipinski definition) is 1. The Labute approximate surface area is 135 Å². The molecule has 0 radical (unpaired) electrons. The van der Waals surface area contributed by atoms with Crippen molar-refractivity contribution in [2.24, 2.45) is 0 Å². The van der Waals surface area contributed by atoms with Crippen molar-refractivity contribution in [3.05, 3.63) is 53.1 Å². The molecule has 0 fully saturated rings. The second-order valence-corrected chi connectivity index (χ2v) is 7.03. The first kappa shape index (κ1) is 14.6. The van der Waals surface area contributed by atoms with Crippen LogP contribution in [0, 0.1) is 0 Å². The Balaban J connectivity index is 1.81. The predicted octanol–water partition coefficient (Wildman–Crippen LogP) is 5.06. The molecule has 3 rings (SSSR count). The lowest BCUT2D eigenvalue weighted by atomic mass is 10.0. The van der Waals surface area contributed by atoms with Gasteiger partial charge in [0, 0.05) is 41.1 Å². The summed E-state index contributed by atoms with van der Waals surface area (Å²) in [4.78, 5) is 3.45. The maximum absolute atomic E-state index is 6.16. The summed E-state index contributed by atoms with van der Waals surface area (Å²) >= 11 is 8.07. The van der Waals surface area contributed by atoms with Crippen LogP contribution < -0.4 is 10.2 Å². The molecule has 0 spiro atoms. The van der Waals surface area contributed by atoms with E-state index in [1.807, 2.05) is 17.8 Å². The van der Waals surface area contributed by atoms with Crippen LogP contribution in [0.4, 0.5) is 11.4 Å². The van der Waals surface area contributed by atoms with Gasteiger partial charge < -0.3 is 10.2 Å². The van der Waals surface area contributed by atoms with Crippen LogP contribution in [-0.2, 0) is 0 Å². The Bertz CT molecular complexity index is 625. The normalized spacial score (nSPS) is 17.2. The molecular weight excluding hydrogens is 300 g/mol. The van der Waals surface area contributed by atoms with Gasteiger partial charge in [0.25, 0.3) is 0 Å². The van der Waals surface area contributed by atoms with Crippen molar-refractivity contribution in [3.63, 3.8) is 0 Å². The van der Waals surface area contributed by atoms with Crippen molar-refractivity contribution in [2.75, 3.05) is 30.1 Å². The topological polar surface area (TPSA) is 15.3 Å². The first-order valence-electron chi connectivity index (χ1n) is 7.09. The molecule has 1 aliphatic rings. The number of anilines is 2. The molecule has 4 heteroatoms. The highest BCUT2D eigenvalue weighted by Crippen LogP contribution is 2.39. The molecule has 1 aliphatic heterocycles. The zero-order valence-electron chi connectivity index (χ0n) is 12.3. The van der Waals surface area contributed by atoms with E-state index in [9.17, 15) is 0 Å². The van der Waals surface area contributed by atoms with Crippen LogP contribution in [0.5, 0.6) is 0 Å². The van der Waals surface area contributed by atoms with Crippen molar-refractivity contribution in [1.29, 1.82) is 0 Å². The van der Waals surface area contributed by atoms with Crippen LogP contribution in [-0.4, -0.2) is 19.8 Å². The third-order valence-corrected chi connectivity index (χ3v) is 5.09. The maximum Gasteiger partial charge on any atom is 0.0533 e. The molecule has 2 aromatic rings. The van der Waals surface area contributed by atoms with Crippen LogP contribution >= 0.6 is 23.4 Å². The van der Waals surface area contributed by atoms with Crippen LogP contribution in [0.1, 0.15) is 18.0 Å². The van der Waals surface area contributed by atoms with E-state index >= 15 is 0 Å². The number of thioether (sulfide) groups is 1. The number of nitrogens with zero attached hydrogens (tertiary/aromatic N) is 1. The number of benzene rings is 2. The zero-order valence-corrected chi connectivity index (χ0v) is 13.8. The van der Waals surface area contributed by atoms with E-state index in [-0.39, 0.29) is 0 Å². The van der Waals surface area contributed by atoms with E-state index in [1.54, 1.807) is 0 Å². The van der Waals surface area contributed by atoms with Crippen LogP contribution in [0.15, 0.2) is 47.4 Å². The molecule has 2 nitrogen and oxygen atoms in total. The minimum absolute atomic E-state index is 0.338. The number of hydrogen-bond acceptors (Lipinski definition) is 3. The molecule has 1 atom stereocenters. The zero-order chi connectivity index (χ0) is 14.8. The van der Waals surface area contributed by atoms with Gasteiger partial charge in [0.05, 0.1) is 6.04 Å². The number of fused-ring (bicyclic) bond motifs is 1. The van der Waals surface area contributed by atoms with Gasteiger partial charge in [0.15, 0.2) is 0 Å². The average Bonchev–Trinajstić information content (AvgIpc) is 2.48. The summed E-state index contributed by atoms with van der Waals surface area (Å²) in [5, 5.41) is 4.45. The number of rotatable bonds is 3. The SMILES string of the molecule is CN(C)c1ccc(NC2CCSc3ccc(Cl)cc32)cc1. The largest absolute Gasteiger partial charge is 0.378 e. The molecular formula is C17H19ClN2S. The predicted molar refractivity (Wildman–Crippen MR) is 93.9 cm³/mol. The van der Waals surface area contributed by atoms with Gasteiger partial charge in [-0.3, -0.25) is 0 Å². The molecule has 21 heavy (non-hydrogen) atoms. The summed E-state index contributed by atoms with van der Waals surface area (Å²) in [5.74, 6) is 1.14. The molecule has 2 aromatic carbocycles. The average molecular weight is 319 g/mol. The second-order valence-electron chi connectivity index (χ2n) is 5.46. The van der Waals surface area contributed by atoms with E-state index < -0.39 is 0 Å². The van der Waals surface area contributed by atoms with Gasteiger partial charge in [-0.1, -0.05) is 11.6 Å². The van der Waals surface area contributed by atoms with Gasteiger partial charge in [0.2, 0.25) is 0 Å². The molecule has 0 amide bonds. The Morgan fingerprint density at radius 2 is 1.90 bits per heavy atom. The molecule has 0 bridgehead atoms. The van der Waals surface area contributed by atoms with Gasteiger partial charge in [-0.15, -0.1) is 11.8 Å². The van der Waals surface area contributed by atoms with Crippen molar-refractivity contribution in [3.8, 4) is 0 Å².